The highest BCUT2D eigenvalue weighted by Gasteiger charge is 2.40. The van der Waals surface area contributed by atoms with Crippen LogP contribution < -0.4 is 5.32 Å². The molecule has 1 aliphatic rings. The van der Waals surface area contributed by atoms with Crippen molar-refractivity contribution in [2.75, 3.05) is 6.54 Å². The summed E-state index contributed by atoms with van der Waals surface area (Å²) in [6.07, 6.45) is 5.43. The summed E-state index contributed by atoms with van der Waals surface area (Å²) in [6, 6.07) is 0. The van der Waals surface area contributed by atoms with E-state index in [9.17, 15) is 14.7 Å². The lowest BCUT2D eigenvalue weighted by Crippen LogP contribution is -2.46. The second-order valence-corrected chi connectivity index (χ2v) is 5.74. The van der Waals surface area contributed by atoms with Crippen molar-refractivity contribution in [3.63, 3.8) is 0 Å². The van der Waals surface area contributed by atoms with E-state index in [1.165, 1.54) is 0 Å². The number of carbonyl (C=O) groups is 2. The second-order valence-electron chi connectivity index (χ2n) is 5.74. The van der Waals surface area contributed by atoms with Gasteiger partial charge in [-0.3, -0.25) is 9.59 Å². The maximum Gasteiger partial charge on any atom is 0.311 e. The van der Waals surface area contributed by atoms with Crippen molar-refractivity contribution < 1.29 is 14.7 Å². The Morgan fingerprint density at radius 3 is 2.22 bits per heavy atom. The molecule has 1 saturated carbocycles. The van der Waals surface area contributed by atoms with Gasteiger partial charge in [0.2, 0.25) is 5.91 Å². The van der Waals surface area contributed by atoms with Crippen LogP contribution in [0.25, 0.3) is 0 Å². The molecule has 1 unspecified atom stereocenters. The van der Waals surface area contributed by atoms with Gasteiger partial charge in [0.1, 0.15) is 0 Å². The van der Waals surface area contributed by atoms with Crippen LogP contribution in [0.15, 0.2) is 0 Å². The molecule has 0 aromatic carbocycles. The van der Waals surface area contributed by atoms with Gasteiger partial charge in [0.05, 0.1) is 5.41 Å². The Balaban J connectivity index is 2.62. The Morgan fingerprint density at radius 1 is 1.28 bits per heavy atom. The number of carboxylic acids is 1. The maximum absolute atomic E-state index is 12.3. The minimum absolute atomic E-state index is 0.0448. The molecule has 4 nitrogen and oxygen atoms in total. The zero-order chi connectivity index (χ0) is 13.8. The SMILES string of the molecule is CCC(C)(CNC(=O)C1(CC)CCCC1)C(=O)O. The van der Waals surface area contributed by atoms with Crippen LogP contribution in [0, 0.1) is 10.8 Å². The van der Waals surface area contributed by atoms with Crippen molar-refractivity contribution in [1.82, 2.24) is 5.32 Å². The first-order valence-electron chi connectivity index (χ1n) is 6.92. The molecule has 0 radical (unpaired) electrons. The average Bonchev–Trinajstić information content (AvgIpc) is 2.85. The minimum Gasteiger partial charge on any atom is -0.481 e. The predicted octanol–water partition coefficient (Wildman–Crippen LogP) is 2.57. The average molecular weight is 255 g/mol. The fourth-order valence-electron chi connectivity index (χ4n) is 2.61. The number of carboxylic acid groups (broad SMARTS) is 1. The van der Waals surface area contributed by atoms with Crippen LogP contribution in [0.3, 0.4) is 0 Å². The number of carbonyl (C=O) groups excluding carboxylic acids is 1. The van der Waals surface area contributed by atoms with Crippen molar-refractivity contribution >= 4 is 11.9 Å². The van der Waals surface area contributed by atoms with E-state index < -0.39 is 11.4 Å². The first-order valence-corrected chi connectivity index (χ1v) is 6.92. The largest absolute Gasteiger partial charge is 0.481 e. The molecule has 1 fully saturated rings. The summed E-state index contributed by atoms with van der Waals surface area (Å²) < 4.78 is 0. The summed E-state index contributed by atoms with van der Waals surface area (Å²) in [5.74, 6) is -0.800. The van der Waals surface area contributed by atoms with Gasteiger partial charge in [0, 0.05) is 12.0 Å². The van der Waals surface area contributed by atoms with Crippen molar-refractivity contribution in [3.8, 4) is 0 Å². The fraction of sp³-hybridized carbons (Fsp3) is 0.857. The first kappa shape index (κ1) is 15.0. The Kier molecular flexibility index (Phi) is 4.77. The summed E-state index contributed by atoms with van der Waals surface area (Å²) in [7, 11) is 0. The standard InChI is InChI=1S/C14H25NO3/c1-4-13(3,12(17)18)10-15-11(16)14(5-2)8-6-7-9-14/h4-10H2,1-3H3,(H,15,16)(H,17,18). The summed E-state index contributed by atoms with van der Waals surface area (Å²) in [6.45, 7) is 5.79. The van der Waals surface area contributed by atoms with Crippen molar-refractivity contribution in [2.24, 2.45) is 10.8 Å². The van der Waals surface area contributed by atoms with Gasteiger partial charge in [-0.1, -0.05) is 26.7 Å². The van der Waals surface area contributed by atoms with E-state index in [4.69, 9.17) is 0 Å². The number of hydrogen-bond donors (Lipinski definition) is 2. The van der Waals surface area contributed by atoms with Crippen molar-refractivity contribution in [2.45, 2.75) is 59.3 Å². The summed E-state index contributed by atoms with van der Waals surface area (Å²) in [5, 5.41) is 12.1. The summed E-state index contributed by atoms with van der Waals surface area (Å²) >= 11 is 0. The van der Waals surface area contributed by atoms with Crippen LogP contribution >= 0.6 is 0 Å². The van der Waals surface area contributed by atoms with E-state index in [0.717, 1.165) is 32.1 Å². The Hall–Kier alpha value is -1.06. The van der Waals surface area contributed by atoms with E-state index in [1.807, 2.05) is 13.8 Å². The molecule has 18 heavy (non-hydrogen) atoms. The van der Waals surface area contributed by atoms with Crippen molar-refractivity contribution in [1.29, 1.82) is 0 Å². The molecule has 1 aliphatic carbocycles. The van der Waals surface area contributed by atoms with Crippen LogP contribution in [0.4, 0.5) is 0 Å². The Labute approximate surface area is 109 Å². The molecule has 0 aliphatic heterocycles. The lowest BCUT2D eigenvalue weighted by molar-refractivity contribution is -0.148. The summed E-state index contributed by atoms with van der Waals surface area (Å²) in [4.78, 5) is 23.5. The number of rotatable bonds is 6. The highest BCUT2D eigenvalue weighted by Crippen LogP contribution is 2.41. The molecule has 4 heteroatoms. The van der Waals surface area contributed by atoms with Crippen molar-refractivity contribution in [3.05, 3.63) is 0 Å². The van der Waals surface area contributed by atoms with E-state index in [-0.39, 0.29) is 17.9 Å². The number of aliphatic carboxylic acids is 1. The predicted molar refractivity (Wildman–Crippen MR) is 70.2 cm³/mol. The molecular formula is C14H25NO3. The minimum atomic E-state index is -0.858. The van der Waals surface area contributed by atoms with E-state index in [1.54, 1.807) is 6.92 Å². The molecule has 0 aromatic heterocycles. The number of hydrogen-bond acceptors (Lipinski definition) is 2. The molecule has 0 bridgehead atoms. The van der Waals surface area contributed by atoms with Crippen LogP contribution in [-0.4, -0.2) is 23.5 Å². The van der Waals surface area contributed by atoms with Gasteiger partial charge < -0.3 is 10.4 Å². The molecule has 0 spiro atoms. The molecule has 0 saturated heterocycles. The second kappa shape index (κ2) is 5.72. The first-order chi connectivity index (χ1) is 8.40. The van der Waals surface area contributed by atoms with E-state index in [2.05, 4.69) is 5.32 Å². The Bertz CT molecular complexity index is 321. The zero-order valence-corrected chi connectivity index (χ0v) is 11.7. The molecule has 0 aromatic rings. The van der Waals surface area contributed by atoms with Gasteiger partial charge in [-0.15, -0.1) is 0 Å². The van der Waals surface area contributed by atoms with Gasteiger partial charge >= 0.3 is 5.97 Å². The quantitative estimate of drug-likeness (QED) is 0.766. The van der Waals surface area contributed by atoms with E-state index in [0.29, 0.717) is 6.42 Å². The van der Waals surface area contributed by atoms with Crippen LogP contribution in [0.2, 0.25) is 0 Å². The number of nitrogens with one attached hydrogen (secondary N) is 1. The zero-order valence-electron chi connectivity index (χ0n) is 11.7. The van der Waals surface area contributed by atoms with Gasteiger partial charge in [-0.2, -0.15) is 0 Å². The third kappa shape index (κ3) is 2.85. The molecule has 1 amide bonds. The maximum atomic E-state index is 12.3. The molecular weight excluding hydrogens is 230 g/mol. The molecule has 2 N–H and O–H groups in total. The van der Waals surface area contributed by atoms with E-state index >= 15 is 0 Å². The van der Waals surface area contributed by atoms with Gasteiger partial charge in [-0.25, -0.2) is 0 Å². The third-order valence-corrected chi connectivity index (χ3v) is 4.65. The molecule has 104 valence electrons. The Morgan fingerprint density at radius 2 is 1.83 bits per heavy atom. The molecule has 0 heterocycles. The third-order valence-electron chi connectivity index (χ3n) is 4.65. The van der Waals surface area contributed by atoms with Crippen LogP contribution in [0.5, 0.6) is 0 Å². The van der Waals surface area contributed by atoms with Crippen LogP contribution in [0.1, 0.15) is 59.3 Å². The van der Waals surface area contributed by atoms with Gasteiger partial charge in [0.25, 0.3) is 0 Å². The number of amides is 1. The fourth-order valence-corrected chi connectivity index (χ4v) is 2.61. The molecule has 1 rings (SSSR count). The normalized spacial score (nSPS) is 21.3. The van der Waals surface area contributed by atoms with Gasteiger partial charge in [0.15, 0.2) is 0 Å². The lowest BCUT2D eigenvalue weighted by Gasteiger charge is -2.29. The highest BCUT2D eigenvalue weighted by atomic mass is 16.4. The summed E-state index contributed by atoms with van der Waals surface area (Å²) in [5.41, 5.74) is -1.10. The highest BCUT2D eigenvalue weighted by molar-refractivity contribution is 5.84. The topological polar surface area (TPSA) is 66.4 Å². The molecule has 1 atom stereocenters. The van der Waals surface area contributed by atoms with Gasteiger partial charge in [-0.05, 0) is 32.6 Å². The van der Waals surface area contributed by atoms with Crippen LogP contribution in [-0.2, 0) is 9.59 Å². The smallest absolute Gasteiger partial charge is 0.311 e. The monoisotopic (exact) mass is 255 g/mol. The lowest BCUT2D eigenvalue weighted by atomic mass is 9.81.